The van der Waals surface area contributed by atoms with E-state index in [-0.39, 0.29) is 22.8 Å². The van der Waals surface area contributed by atoms with Gasteiger partial charge in [0.25, 0.3) is 11.6 Å². The third-order valence-corrected chi connectivity index (χ3v) is 4.50. The molecule has 0 aliphatic carbocycles. The maximum Gasteiger partial charge on any atom is 0.270 e. The average Bonchev–Trinajstić information content (AvgIpc) is 3.00. The standard InChI is InChI=1S/C14H13ClN2O4S/c1-14(19,12-3-2-6-22-12)8-16-13(18)10-7-9(17(20)21)4-5-11(10)15/h2-7,19H,8H2,1H3,(H,16,18). The summed E-state index contributed by atoms with van der Waals surface area (Å²) < 4.78 is 0. The molecule has 0 saturated carbocycles. The van der Waals surface area contributed by atoms with Gasteiger partial charge in [-0.05, 0) is 24.4 Å². The van der Waals surface area contributed by atoms with Gasteiger partial charge in [-0.15, -0.1) is 11.3 Å². The van der Waals surface area contributed by atoms with E-state index >= 15 is 0 Å². The summed E-state index contributed by atoms with van der Waals surface area (Å²) in [5.74, 6) is -0.578. The summed E-state index contributed by atoms with van der Waals surface area (Å²) >= 11 is 7.27. The minimum absolute atomic E-state index is 0.00199. The van der Waals surface area contributed by atoms with Crippen LogP contribution < -0.4 is 5.32 Å². The molecule has 1 aromatic carbocycles. The molecule has 0 radical (unpaired) electrons. The Hall–Kier alpha value is -1.96. The number of nitrogens with one attached hydrogen (secondary N) is 1. The molecule has 8 heteroatoms. The molecule has 2 aromatic rings. The molecule has 2 rings (SSSR count). The number of rotatable bonds is 5. The normalized spacial score (nSPS) is 13.4. The Bertz CT molecular complexity index is 701. The Balaban J connectivity index is 2.13. The Morgan fingerprint density at radius 1 is 1.50 bits per heavy atom. The summed E-state index contributed by atoms with van der Waals surface area (Å²) in [7, 11) is 0. The average molecular weight is 341 g/mol. The number of carbonyl (C=O) groups excluding carboxylic acids is 1. The maximum atomic E-state index is 12.1. The van der Waals surface area contributed by atoms with Gasteiger partial charge in [0.1, 0.15) is 5.60 Å². The number of nitro benzene ring substituents is 1. The molecule has 1 unspecified atom stereocenters. The topological polar surface area (TPSA) is 92.5 Å². The zero-order chi connectivity index (χ0) is 16.3. The summed E-state index contributed by atoms with van der Waals surface area (Å²) in [5.41, 5.74) is -1.45. The van der Waals surface area contributed by atoms with Gasteiger partial charge in [0, 0.05) is 17.0 Å². The van der Waals surface area contributed by atoms with Crippen LogP contribution in [0.4, 0.5) is 5.69 Å². The van der Waals surface area contributed by atoms with Crippen LogP contribution in [0.5, 0.6) is 0 Å². The minimum atomic E-state index is -1.23. The van der Waals surface area contributed by atoms with Crippen molar-refractivity contribution in [1.82, 2.24) is 5.32 Å². The van der Waals surface area contributed by atoms with Crippen molar-refractivity contribution < 1.29 is 14.8 Å². The summed E-state index contributed by atoms with van der Waals surface area (Å²) in [6, 6.07) is 7.19. The van der Waals surface area contributed by atoms with Gasteiger partial charge < -0.3 is 10.4 Å². The van der Waals surface area contributed by atoms with Crippen LogP contribution in [0.2, 0.25) is 5.02 Å². The maximum absolute atomic E-state index is 12.1. The fourth-order valence-electron chi connectivity index (χ4n) is 1.82. The van der Waals surface area contributed by atoms with E-state index in [4.69, 9.17) is 11.6 Å². The number of hydrogen-bond donors (Lipinski definition) is 2. The van der Waals surface area contributed by atoms with E-state index in [0.29, 0.717) is 4.88 Å². The van der Waals surface area contributed by atoms with Crippen LogP contribution in [0.1, 0.15) is 22.2 Å². The van der Waals surface area contributed by atoms with Crippen molar-refractivity contribution >= 4 is 34.5 Å². The third kappa shape index (κ3) is 3.62. The van der Waals surface area contributed by atoms with Gasteiger partial charge in [0.2, 0.25) is 0 Å². The predicted molar refractivity (Wildman–Crippen MR) is 84.3 cm³/mol. The highest BCUT2D eigenvalue weighted by molar-refractivity contribution is 7.10. The predicted octanol–water partition coefficient (Wildman–Crippen LogP) is 2.95. The van der Waals surface area contributed by atoms with E-state index in [0.717, 1.165) is 6.07 Å². The Morgan fingerprint density at radius 3 is 2.82 bits per heavy atom. The molecular weight excluding hydrogens is 328 g/mol. The Kier molecular flexibility index (Phi) is 4.80. The van der Waals surface area contributed by atoms with Crippen LogP contribution in [-0.4, -0.2) is 22.5 Å². The SMILES string of the molecule is CC(O)(CNC(=O)c1cc([N+](=O)[O-])ccc1Cl)c1cccs1. The number of nitro groups is 1. The van der Waals surface area contributed by atoms with E-state index < -0.39 is 16.4 Å². The Labute approximate surface area is 135 Å². The zero-order valence-electron chi connectivity index (χ0n) is 11.6. The quantitative estimate of drug-likeness (QED) is 0.646. The highest BCUT2D eigenvalue weighted by Gasteiger charge is 2.26. The molecule has 1 heterocycles. The first-order valence-electron chi connectivity index (χ1n) is 6.30. The fourth-order valence-corrected chi connectivity index (χ4v) is 2.81. The van der Waals surface area contributed by atoms with E-state index in [1.807, 2.05) is 5.38 Å². The Morgan fingerprint density at radius 2 is 2.23 bits per heavy atom. The largest absolute Gasteiger partial charge is 0.383 e. The molecular formula is C14H13ClN2O4S. The van der Waals surface area contributed by atoms with E-state index in [1.54, 1.807) is 19.1 Å². The fraction of sp³-hybridized carbons (Fsp3) is 0.214. The van der Waals surface area contributed by atoms with Crippen LogP contribution in [0.15, 0.2) is 35.7 Å². The minimum Gasteiger partial charge on any atom is -0.383 e. The molecule has 1 aromatic heterocycles. The number of aliphatic hydroxyl groups is 1. The number of nitrogens with zero attached hydrogens (tertiary/aromatic N) is 1. The zero-order valence-corrected chi connectivity index (χ0v) is 13.1. The van der Waals surface area contributed by atoms with Crippen molar-refractivity contribution in [3.63, 3.8) is 0 Å². The smallest absolute Gasteiger partial charge is 0.270 e. The van der Waals surface area contributed by atoms with Gasteiger partial charge in [-0.3, -0.25) is 14.9 Å². The number of carbonyl (C=O) groups is 1. The van der Waals surface area contributed by atoms with Crippen molar-refractivity contribution in [2.75, 3.05) is 6.54 Å². The summed E-state index contributed by atoms with van der Waals surface area (Å²) in [4.78, 5) is 23.0. The molecule has 1 atom stereocenters. The number of amides is 1. The first kappa shape index (κ1) is 16.4. The lowest BCUT2D eigenvalue weighted by atomic mass is 10.0. The first-order chi connectivity index (χ1) is 10.3. The number of thiophene rings is 1. The van der Waals surface area contributed by atoms with Crippen LogP contribution in [0.25, 0.3) is 0 Å². The van der Waals surface area contributed by atoms with E-state index in [9.17, 15) is 20.0 Å². The van der Waals surface area contributed by atoms with Gasteiger partial charge in [-0.1, -0.05) is 17.7 Å². The highest BCUT2D eigenvalue weighted by Crippen LogP contribution is 2.25. The van der Waals surface area contributed by atoms with Crippen LogP contribution >= 0.6 is 22.9 Å². The molecule has 0 saturated heterocycles. The lowest BCUT2D eigenvalue weighted by Gasteiger charge is -2.22. The van der Waals surface area contributed by atoms with Crippen molar-refractivity contribution in [2.45, 2.75) is 12.5 Å². The number of benzene rings is 1. The van der Waals surface area contributed by atoms with Gasteiger partial charge in [0.15, 0.2) is 0 Å². The van der Waals surface area contributed by atoms with Gasteiger partial charge in [0.05, 0.1) is 22.1 Å². The molecule has 0 bridgehead atoms. The van der Waals surface area contributed by atoms with Crippen molar-refractivity contribution in [2.24, 2.45) is 0 Å². The van der Waals surface area contributed by atoms with E-state index in [2.05, 4.69) is 5.32 Å². The van der Waals surface area contributed by atoms with Crippen molar-refractivity contribution in [3.05, 3.63) is 61.3 Å². The van der Waals surface area contributed by atoms with E-state index in [1.165, 1.54) is 23.5 Å². The highest BCUT2D eigenvalue weighted by atomic mass is 35.5. The number of halogens is 1. The molecule has 2 N–H and O–H groups in total. The molecule has 0 aliphatic heterocycles. The summed E-state index contributed by atoms with van der Waals surface area (Å²) in [6.07, 6.45) is 0. The van der Waals surface area contributed by atoms with Crippen LogP contribution in [-0.2, 0) is 5.60 Å². The second-order valence-corrected chi connectivity index (χ2v) is 6.21. The molecule has 22 heavy (non-hydrogen) atoms. The third-order valence-electron chi connectivity index (χ3n) is 3.05. The number of hydrogen-bond acceptors (Lipinski definition) is 5. The van der Waals surface area contributed by atoms with Crippen molar-refractivity contribution in [3.8, 4) is 0 Å². The molecule has 0 aliphatic rings. The van der Waals surface area contributed by atoms with Gasteiger partial charge >= 0.3 is 0 Å². The molecule has 1 amide bonds. The second-order valence-electron chi connectivity index (χ2n) is 4.86. The van der Waals surface area contributed by atoms with Crippen molar-refractivity contribution in [1.29, 1.82) is 0 Å². The second kappa shape index (κ2) is 6.43. The van der Waals surface area contributed by atoms with Crippen LogP contribution in [0.3, 0.4) is 0 Å². The molecule has 0 spiro atoms. The lowest BCUT2D eigenvalue weighted by molar-refractivity contribution is -0.384. The first-order valence-corrected chi connectivity index (χ1v) is 7.55. The molecule has 116 valence electrons. The monoisotopic (exact) mass is 340 g/mol. The lowest BCUT2D eigenvalue weighted by Crippen LogP contribution is -2.38. The number of non-ortho nitro benzene ring substituents is 1. The molecule has 6 nitrogen and oxygen atoms in total. The summed E-state index contributed by atoms with van der Waals surface area (Å²) in [5, 5.41) is 25.6. The van der Waals surface area contributed by atoms with Crippen LogP contribution in [0, 0.1) is 10.1 Å². The van der Waals surface area contributed by atoms with Gasteiger partial charge in [-0.2, -0.15) is 0 Å². The van der Waals surface area contributed by atoms with Gasteiger partial charge in [-0.25, -0.2) is 0 Å². The molecule has 0 fully saturated rings. The summed E-state index contributed by atoms with van der Waals surface area (Å²) in [6.45, 7) is 1.54.